The first kappa shape index (κ1) is 12.5. The van der Waals surface area contributed by atoms with E-state index in [1.165, 1.54) is 23.1 Å². The minimum atomic E-state index is -0.635. The Balaban J connectivity index is 2.05. The van der Waals surface area contributed by atoms with Crippen molar-refractivity contribution in [1.82, 2.24) is 14.8 Å². The topological polar surface area (TPSA) is 110 Å². The van der Waals surface area contributed by atoms with E-state index in [1.807, 2.05) is 0 Å². The fourth-order valence-corrected chi connectivity index (χ4v) is 1.42. The van der Waals surface area contributed by atoms with Gasteiger partial charge in [0.25, 0.3) is 0 Å². The number of rotatable bonds is 3. The Morgan fingerprint density at radius 1 is 1.58 bits per heavy atom. The highest BCUT2D eigenvalue weighted by atomic mass is 19.1. The average Bonchev–Trinajstić information content (AvgIpc) is 2.77. The lowest BCUT2D eigenvalue weighted by Crippen LogP contribution is -2.19. The van der Waals surface area contributed by atoms with E-state index in [0.717, 1.165) is 6.07 Å². The van der Waals surface area contributed by atoms with Crippen LogP contribution < -0.4 is 11.1 Å². The molecule has 0 bridgehead atoms. The number of nitrogens with one attached hydrogen (secondary N) is 1. The lowest BCUT2D eigenvalue weighted by molar-refractivity contribution is -0.116. The third-order valence-corrected chi connectivity index (χ3v) is 2.23. The van der Waals surface area contributed by atoms with Crippen molar-refractivity contribution in [2.24, 2.45) is 0 Å². The summed E-state index contributed by atoms with van der Waals surface area (Å²) < 4.78 is 14.3. The lowest BCUT2D eigenvalue weighted by atomic mass is 10.2. The fraction of sp³-hybridized carbons (Fsp3) is 0.0909. The smallest absolute Gasteiger partial charge is 0.246 e. The van der Waals surface area contributed by atoms with Crippen LogP contribution in [0.25, 0.3) is 0 Å². The summed E-state index contributed by atoms with van der Waals surface area (Å²) in [6.45, 7) is -0.0799. The van der Waals surface area contributed by atoms with Gasteiger partial charge in [0.05, 0.1) is 5.56 Å². The van der Waals surface area contributed by atoms with Crippen LogP contribution in [-0.4, -0.2) is 20.7 Å². The van der Waals surface area contributed by atoms with Gasteiger partial charge < -0.3 is 11.1 Å². The molecule has 0 fully saturated rings. The minimum absolute atomic E-state index is 0.0707. The van der Waals surface area contributed by atoms with Gasteiger partial charge in [0, 0.05) is 5.69 Å². The van der Waals surface area contributed by atoms with Crippen molar-refractivity contribution in [2.45, 2.75) is 6.54 Å². The Labute approximate surface area is 107 Å². The van der Waals surface area contributed by atoms with Crippen LogP contribution in [-0.2, 0) is 11.3 Å². The maximum Gasteiger partial charge on any atom is 0.246 e. The molecule has 0 aliphatic heterocycles. The minimum Gasteiger partial charge on any atom is -0.367 e. The number of nitrogens with zero attached hydrogens (tertiary/aromatic N) is 4. The number of carbonyl (C=O) groups excluding carboxylic acids is 1. The quantitative estimate of drug-likeness (QED) is 0.835. The van der Waals surface area contributed by atoms with Crippen molar-refractivity contribution < 1.29 is 9.18 Å². The number of carbonyl (C=O) groups is 1. The van der Waals surface area contributed by atoms with Crippen molar-refractivity contribution in [3.05, 3.63) is 35.9 Å². The van der Waals surface area contributed by atoms with Gasteiger partial charge in [-0.1, -0.05) is 0 Å². The molecular formula is C11H9FN6O. The maximum absolute atomic E-state index is 13.1. The van der Waals surface area contributed by atoms with Gasteiger partial charge >= 0.3 is 0 Å². The zero-order valence-electron chi connectivity index (χ0n) is 9.67. The van der Waals surface area contributed by atoms with Gasteiger partial charge in [-0.25, -0.2) is 14.1 Å². The van der Waals surface area contributed by atoms with Crippen molar-refractivity contribution in [1.29, 1.82) is 5.26 Å². The number of halogens is 1. The van der Waals surface area contributed by atoms with Gasteiger partial charge in [-0.15, -0.1) is 5.10 Å². The number of nitriles is 1. The summed E-state index contributed by atoms with van der Waals surface area (Å²) >= 11 is 0. The van der Waals surface area contributed by atoms with Gasteiger partial charge in [0.2, 0.25) is 11.9 Å². The summed E-state index contributed by atoms with van der Waals surface area (Å²) in [5.74, 6) is -0.953. The number of benzene rings is 1. The summed E-state index contributed by atoms with van der Waals surface area (Å²) in [6, 6.07) is 5.42. The first-order chi connectivity index (χ1) is 9.08. The molecule has 0 spiro atoms. The average molecular weight is 260 g/mol. The molecule has 7 nitrogen and oxygen atoms in total. The molecule has 2 rings (SSSR count). The van der Waals surface area contributed by atoms with Crippen LogP contribution in [0.15, 0.2) is 24.5 Å². The van der Waals surface area contributed by atoms with E-state index in [-0.39, 0.29) is 24.0 Å². The van der Waals surface area contributed by atoms with Crippen LogP contribution in [0.3, 0.4) is 0 Å². The molecule has 0 saturated carbocycles. The van der Waals surface area contributed by atoms with Crippen LogP contribution in [0.5, 0.6) is 0 Å². The third kappa shape index (κ3) is 3.04. The summed E-state index contributed by atoms with van der Waals surface area (Å²) in [6.07, 6.45) is 1.32. The summed E-state index contributed by atoms with van der Waals surface area (Å²) in [7, 11) is 0. The second-order valence-electron chi connectivity index (χ2n) is 3.65. The Hall–Kier alpha value is -2.95. The standard InChI is InChI=1S/C11H9FN6O/c12-9-2-1-8(3-7(9)4-13)16-10(19)5-18-6-15-11(14)17-18/h1-3,6H,5H2,(H2,14,17)(H,16,19). The fourth-order valence-electron chi connectivity index (χ4n) is 1.42. The van der Waals surface area contributed by atoms with E-state index in [1.54, 1.807) is 6.07 Å². The molecule has 3 N–H and O–H groups in total. The van der Waals surface area contributed by atoms with Crippen LogP contribution in [0.4, 0.5) is 16.0 Å². The number of hydrogen-bond acceptors (Lipinski definition) is 5. The van der Waals surface area contributed by atoms with Crippen molar-refractivity contribution >= 4 is 17.5 Å². The Morgan fingerprint density at radius 2 is 2.37 bits per heavy atom. The van der Waals surface area contributed by atoms with E-state index < -0.39 is 5.82 Å². The van der Waals surface area contributed by atoms with E-state index >= 15 is 0 Å². The zero-order valence-corrected chi connectivity index (χ0v) is 9.67. The highest BCUT2D eigenvalue weighted by molar-refractivity contribution is 5.90. The van der Waals surface area contributed by atoms with E-state index in [9.17, 15) is 9.18 Å². The molecule has 8 heteroatoms. The van der Waals surface area contributed by atoms with Crippen molar-refractivity contribution in [2.75, 3.05) is 11.1 Å². The first-order valence-electron chi connectivity index (χ1n) is 5.23. The monoisotopic (exact) mass is 260 g/mol. The molecule has 96 valence electrons. The van der Waals surface area contributed by atoms with Gasteiger partial charge in [-0.3, -0.25) is 4.79 Å². The molecule has 0 unspecified atom stereocenters. The summed E-state index contributed by atoms with van der Waals surface area (Å²) in [5.41, 5.74) is 5.50. The normalized spacial score (nSPS) is 9.89. The molecule has 0 atom stereocenters. The second-order valence-corrected chi connectivity index (χ2v) is 3.65. The number of nitrogen functional groups attached to an aromatic ring is 1. The predicted molar refractivity (Wildman–Crippen MR) is 64.2 cm³/mol. The highest BCUT2D eigenvalue weighted by Crippen LogP contribution is 2.13. The molecule has 1 aromatic heterocycles. The Morgan fingerprint density at radius 3 is 3.00 bits per heavy atom. The van der Waals surface area contributed by atoms with E-state index in [2.05, 4.69) is 15.4 Å². The van der Waals surface area contributed by atoms with E-state index in [4.69, 9.17) is 11.0 Å². The SMILES string of the molecule is N#Cc1cc(NC(=O)Cn2cnc(N)n2)ccc1F. The molecule has 0 aliphatic rings. The molecule has 19 heavy (non-hydrogen) atoms. The largest absolute Gasteiger partial charge is 0.367 e. The Kier molecular flexibility index (Phi) is 3.38. The van der Waals surface area contributed by atoms with Gasteiger partial charge in [-0.05, 0) is 18.2 Å². The van der Waals surface area contributed by atoms with Crippen molar-refractivity contribution in [3.8, 4) is 6.07 Å². The summed E-state index contributed by atoms with van der Waals surface area (Å²) in [5, 5.41) is 14.9. The number of hydrogen-bond donors (Lipinski definition) is 2. The van der Waals surface area contributed by atoms with Crippen molar-refractivity contribution in [3.63, 3.8) is 0 Å². The van der Waals surface area contributed by atoms with Crippen LogP contribution in [0.2, 0.25) is 0 Å². The molecule has 1 aromatic carbocycles. The maximum atomic E-state index is 13.1. The number of amides is 1. The first-order valence-corrected chi connectivity index (χ1v) is 5.23. The predicted octanol–water partition coefficient (Wildman–Crippen LogP) is 0.510. The van der Waals surface area contributed by atoms with E-state index in [0.29, 0.717) is 5.69 Å². The molecule has 0 saturated heterocycles. The van der Waals surface area contributed by atoms with Gasteiger partial charge in [0.15, 0.2) is 0 Å². The zero-order chi connectivity index (χ0) is 13.8. The van der Waals surface area contributed by atoms with Crippen LogP contribution in [0, 0.1) is 17.1 Å². The molecular weight excluding hydrogens is 251 g/mol. The van der Waals surface area contributed by atoms with Crippen LogP contribution in [0.1, 0.15) is 5.56 Å². The molecule has 1 heterocycles. The molecule has 2 aromatic rings. The van der Waals surface area contributed by atoms with Gasteiger partial charge in [-0.2, -0.15) is 5.26 Å². The highest BCUT2D eigenvalue weighted by Gasteiger charge is 2.07. The molecule has 0 radical (unpaired) electrons. The lowest BCUT2D eigenvalue weighted by Gasteiger charge is -2.05. The molecule has 1 amide bonds. The Bertz CT molecular complexity index is 659. The van der Waals surface area contributed by atoms with Crippen LogP contribution >= 0.6 is 0 Å². The number of aromatic nitrogens is 3. The second kappa shape index (κ2) is 5.14. The molecule has 0 aliphatic carbocycles. The number of nitrogens with two attached hydrogens (primary N) is 1. The summed E-state index contributed by atoms with van der Waals surface area (Å²) in [4.78, 5) is 15.3. The third-order valence-electron chi connectivity index (χ3n) is 2.23. The number of anilines is 2. The van der Waals surface area contributed by atoms with Gasteiger partial charge in [0.1, 0.15) is 24.8 Å².